The van der Waals surface area contributed by atoms with Gasteiger partial charge < -0.3 is 4.90 Å². The summed E-state index contributed by atoms with van der Waals surface area (Å²) in [5.41, 5.74) is 1.66. The molecule has 0 radical (unpaired) electrons. The number of nitrogens with zero attached hydrogens (tertiary/aromatic N) is 2. The molecule has 2 aromatic rings. The first kappa shape index (κ1) is 21.0. The Bertz CT molecular complexity index is 996. The Balaban J connectivity index is 1.62. The topological polar surface area (TPSA) is 40.6 Å². The van der Waals surface area contributed by atoms with Gasteiger partial charge in [-0.2, -0.15) is 0 Å². The maximum atomic E-state index is 13.4. The number of halogens is 1. The van der Waals surface area contributed by atoms with Gasteiger partial charge in [-0.05, 0) is 54.2 Å². The first-order valence-corrected chi connectivity index (χ1v) is 11.4. The van der Waals surface area contributed by atoms with E-state index in [2.05, 4.69) is 13.8 Å². The summed E-state index contributed by atoms with van der Waals surface area (Å²) in [6.07, 6.45) is 2.98. The van der Waals surface area contributed by atoms with Crippen molar-refractivity contribution in [2.24, 2.45) is 11.8 Å². The molecular formula is C24H25ClN2O2S. The van der Waals surface area contributed by atoms with E-state index >= 15 is 0 Å². The van der Waals surface area contributed by atoms with Crippen LogP contribution in [0.2, 0.25) is 5.02 Å². The molecule has 2 aromatic carbocycles. The van der Waals surface area contributed by atoms with E-state index in [1.165, 1.54) is 11.8 Å². The summed E-state index contributed by atoms with van der Waals surface area (Å²) in [5.74, 6) is 0.822. The molecule has 2 aliphatic heterocycles. The Hall–Kier alpha value is -2.24. The number of benzene rings is 2. The highest BCUT2D eigenvalue weighted by molar-refractivity contribution is 8.04. The minimum Gasteiger partial charge on any atom is -0.341 e. The van der Waals surface area contributed by atoms with E-state index in [4.69, 9.17) is 11.6 Å². The Kier molecular flexibility index (Phi) is 6.21. The van der Waals surface area contributed by atoms with Gasteiger partial charge in [-0.1, -0.05) is 61.5 Å². The molecule has 0 N–H and O–H groups in total. The van der Waals surface area contributed by atoms with Crippen molar-refractivity contribution in [1.29, 1.82) is 0 Å². The van der Waals surface area contributed by atoms with Crippen LogP contribution < -0.4 is 4.90 Å². The molecule has 0 aromatic heterocycles. The molecule has 2 amide bonds. The lowest BCUT2D eigenvalue weighted by atomic mass is 9.92. The van der Waals surface area contributed by atoms with Gasteiger partial charge in [0, 0.05) is 23.0 Å². The highest BCUT2D eigenvalue weighted by Crippen LogP contribution is 2.42. The molecule has 0 aliphatic carbocycles. The zero-order valence-electron chi connectivity index (χ0n) is 17.2. The first-order valence-electron chi connectivity index (χ1n) is 10.2. The third-order valence-electron chi connectivity index (χ3n) is 5.49. The largest absolute Gasteiger partial charge is 0.341 e. The van der Waals surface area contributed by atoms with Gasteiger partial charge in [0.15, 0.2) is 0 Å². The minimum atomic E-state index is -0.148. The van der Waals surface area contributed by atoms with Crippen molar-refractivity contribution < 1.29 is 9.59 Å². The summed E-state index contributed by atoms with van der Waals surface area (Å²) < 4.78 is 0. The number of hydrogen-bond acceptors (Lipinski definition) is 3. The zero-order chi connectivity index (χ0) is 21.3. The van der Waals surface area contributed by atoms with Crippen LogP contribution in [0.5, 0.6) is 0 Å². The van der Waals surface area contributed by atoms with Crippen molar-refractivity contribution in [2.75, 3.05) is 24.5 Å². The average molecular weight is 441 g/mol. The van der Waals surface area contributed by atoms with Gasteiger partial charge in [0.1, 0.15) is 6.54 Å². The maximum absolute atomic E-state index is 13.4. The number of anilines is 1. The van der Waals surface area contributed by atoms with E-state index in [0.29, 0.717) is 21.8 Å². The van der Waals surface area contributed by atoms with Crippen molar-refractivity contribution >= 4 is 46.9 Å². The van der Waals surface area contributed by atoms with Gasteiger partial charge in [-0.15, -0.1) is 0 Å². The van der Waals surface area contributed by atoms with Gasteiger partial charge >= 0.3 is 0 Å². The molecule has 4 nitrogen and oxygen atoms in total. The van der Waals surface area contributed by atoms with Crippen LogP contribution in [0.15, 0.2) is 58.3 Å². The van der Waals surface area contributed by atoms with Crippen LogP contribution in [0.4, 0.5) is 5.69 Å². The number of hydrogen-bond donors (Lipinski definition) is 0. The van der Waals surface area contributed by atoms with Crippen LogP contribution in [-0.4, -0.2) is 36.3 Å². The molecule has 2 aliphatic rings. The highest BCUT2D eigenvalue weighted by atomic mass is 35.5. The molecular weight excluding hydrogens is 416 g/mol. The number of thioether (sulfide) groups is 1. The van der Waals surface area contributed by atoms with Gasteiger partial charge in [-0.3, -0.25) is 14.5 Å². The molecule has 2 heterocycles. The van der Waals surface area contributed by atoms with Crippen molar-refractivity contribution in [3.05, 3.63) is 64.0 Å². The van der Waals surface area contributed by atoms with Crippen LogP contribution >= 0.6 is 23.4 Å². The van der Waals surface area contributed by atoms with Crippen LogP contribution in [-0.2, 0) is 9.59 Å². The van der Waals surface area contributed by atoms with Crippen LogP contribution in [0, 0.1) is 11.8 Å². The number of para-hydroxylation sites is 1. The molecule has 30 heavy (non-hydrogen) atoms. The highest BCUT2D eigenvalue weighted by Gasteiger charge is 2.33. The fourth-order valence-electron chi connectivity index (χ4n) is 4.27. The van der Waals surface area contributed by atoms with Gasteiger partial charge in [-0.25, -0.2) is 0 Å². The number of carbonyl (C=O) groups is 2. The standard InChI is InChI=1S/C24H25ClN2O2S/c1-16-10-17(2)14-26(13-16)23(28)15-27-20-8-3-4-9-21(20)30-22(24(27)29)12-18-6-5-7-19(25)11-18/h3-9,11-12,16-17H,10,13-15H2,1-2H3. The SMILES string of the molecule is CC1CC(C)CN(C(=O)CN2C(=O)C(=Cc3cccc(Cl)c3)Sc3ccccc32)C1. The average Bonchev–Trinajstić information content (AvgIpc) is 2.70. The predicted octanol–water partition coefficient (Wildman–Crippen LogP) is 5.32. The molecule has 0 saturated carbocycles. The Labute approximate surface area is 186 Å². The number of carbonyl (C=O) groups excluding carboxylic acids is 2. The summed E-state index contributed by atoms with van der Waals surface area (Å²) >= 11 is 7.54. The fourth-order valence-corrected chi connectivity index (χ4v) is 5.53. The Morgan fingerprint density at radius 1 is 1.13 bits per heavy atom. The van der Waals surface area contributed by atoms with E-state index in [1.807, 2.05) is 53.4 Å². The lowest BCUT2D eigenvalue weighted by Crippen LogP contribution is -2.49. The molecule has 0 bridgehead atoms. The number of piperidine rings is 1. The Morgan fingerprint density at radius 2 is 1.87 bits per heavy atom. The number of fused-ring (bicyclic) bond motifs is 1. The van der Waals surface area contributed by atoms with Crippen LogP contribution in [0.25, 0.3) is 6.08 Å². The van der Waals surface area contributed by atoms with E-state index < -0.39 is 0 Å². The van der Waals surface area contributed by atoms with E-state index in [0.717, 1.165) is 35.7 Å². The second-order valence-electron chi connectivity index (χ2n) is 8.27. The van der Waals surface area contributed by atoms with Crippen molar-refractivity contribution in [3.63, 3.8) is 0 Å². The molecule has 156 valence electrons. The third kappa shape index (κ3) is 4.57. The minimum absolute atomic E-state index is 0.00515. The lowest BCUT2D eigenvalue weighted by molar-refractivity contribution is -0.133. The van der Waals surface area contributed by atoms with Crippen LogP contribution in [0.1, 0.15) is 25.8 Å². The molecule has 2 unspecified atom stereocenters. The van der Waals surface area contributed by atoms with Crippen LogP contribution in [0.3, 0.4) is 0 Å². The van der Waals surface area contributed by atoms with Gasteiger partial charge in [0.25, 0.3) is 5.91 Å². The second kappa shape index (κ2) is 8.86. The molecule has 2 atom stereocenters. The summed E-state index contributed by atoms with van der Waals surface area (Å²) in [6, 6.07) is 15.2. The summed E-state index contributed by atoms with van der Waals surface area (Å²) in [4.78, 5) is 31.6. The number of amides is 2. The zero-order valence-corrected chi connectivity index (χ0v) is 18.7. The second-order valence-corrected chi connectivity index (χ2v) is 9.79. The summed E-state index contributed by atoms with van der Waals surface area (Å²) in [6.45, 7) is 5.93. The van der Waals surface area contributed by atoms with Crippen molar-refractivity contribution in [2.45, 2.75) is 25.2 Å². The van der Waals surface area contributed by atoms with E-state index in [-0.39, 0.29) is 18.4 Å². The third-order valence-corrected chi connectivity index (χ3v) is 6.81. The summed E-state index contributed by atoms with van der Waals surface area (Å²) in [7, 11) is 0. The van der Waals surface area contributed by atoms with Crippen molar-refractivity contribution in [3.8, 4) is 0 Å². The number of rotatable bonds is 3. The summed E-state index contributed by atoms with van der Waals surface area (Å²) in [5, 5.41) is 0.624. The quantitative estimate of drug-likeness (QED) is 0.606. The van der Waals surface area contributed by atoms with Gasteiger partial charge in [0.2, 0.25) is 5.91 Å². The van der Waals surface area contributed by atoms with Crippen molar-refractivity contribution in [1.82, 2.24) is 4.90 Å². The molecule has 6 heteroatoms. The first-order chi connectivity index (χ1) is 14.4. The normalized spacial score (nSPS) is 22.9. The molecule has 4 rings (SSSR count). The smallest absolute Gasteiger partial charge is 0.265 e. The fraction of sp³-hybridized carbons (Fsp3) is 0.333. The maximum Gasteiger partial charge on any atom is 0.265 e. The Morgan fingerprint density at radius 3 is 2.60 bits per heavy atom. The monoisotopic (exact) mass is 440 g/mol. The molecule has 0 spiro atoms. The van der Waals surface area contributed by atoms with E-state index in [1.54, 1.807) is 11.0 Å². The number of likely N-dealkylation sites (tertiary alicyclic amines) is 1. The van der Waals surface area contributed by atoms with Gasteiger partial charge in [0.05, 0.1) is 10.6 Å². The molecule has 1 saturated heterocycles. The lowest BCUT2D eigenvalue weighted by Gasteiger charge is -2.37. The predicted molar refractivity (Wildman–Crippen MR) is 124 cm³/mol. The molecule has 1 fully saturated rings. The van der Waals surface area contributed by atoms with E-state index in [9.17, 15) is 9.59 Å².